The summed E-state index contributed by atoms with van der Waals surface area (Å²) < 4.78 is 6.52. The van der Waals surface area contributed by atoms with E-state index in [4.69, 9.17) is 10.5 Å². The highest BCUT2D eigenvalue weighted by Crippen LogP contribution is 2.42. The van der Waals surface area contributed by atoms with Gasteiger partial charge in [0.2, 0.25) is 0 Å². The summed E-state index contributed by atoms with van der Waals surface area (Å²) in [5.74, 6) is 0.832. The summed E-state index contributed by atoms with van der Waals surface area (Å²) >= 11 is 0. The number of hydrogen-bond donors (Lipinski definition) is 1. The Morgan fingerprint density at radius 2 is 1.90 bits per heavy atom. The summed E-state index contributed by atoms with van der Waals surface area (Å²) in [6, 6.07) is 0. The Kier molecular flexibility index (Phi) is 5.00. The normalized spacial score (nSPS) is 34.6. The van der Waals surface area contributed by atoms with Crippen molar-refractivity contribution >= 4 is 0 Å². The van der Waals surface area contributed by atoms with Crippen molar-refractivity contribution in [3.05, 3.63) is 0 Å². The van der Waals surface area contributed by atoms with Crippen LogP contribution in [0.5, 0.6) is 0 Å². The van der Waals surface area contributed by atoms with Crippen LogP contribution in [0.25, 0.3) is 0 Å². The molecule has 3 rings (SSSR count). The van der Waals surface area contributed by atoms with Gasteiger partial charge in [-0.05, 0) is 64.0 Å². The van der Waals surface area contributed by atoms with E-state index in [9.17, 15) is 0 Å². The number of rotatable bonds is 4. The standard InChI is InChI=1S/C17H32N2O/c18-11-7-15-5-4-12-19(13-15)14-16-6-10-17(20-16)8-2-1-3-9-17/h15-16H,1-14,18H2. The smallest absolute Gasteiger partial charge is 0.0710 e. The molecule has 2 unspecified atom stereocenters. The van der Waals surface area contributed by atoms with Gasteiger partial charge < -0.3 is 15.4 Å². The third-order valence-corrected chi connectivity index (χ3v) is 5.74. The quantitative estimate of drug-likeness (QED) is 0.860. The molecule has 3 heteroatoms. The van der Waals surface area contributed by atoms with E-state index in [0.29, 0.717) is 6.10 Å². The molecule has 2 N–H and O–H groups in total. The van der Waals surface area contributed by atoms with E-state index in [0.717, 1.165) is 12.5 Å². The molecular formula is C17H32N2O. The predicted octanol–water partition coefficient (Wildman–Crippen LogP) is 2.93. The monoisotopic (exact) mass is 280 g/mol. The Balaban J connectivity index is 1.46. The van der Waals surface area contributed by atoms with Gasteiger partial charge in [0.1, 0.15) is 0 Å². The molecule has 2 saturated heterocycles. The molecule has 1 spiro atoms. The zero-order valence-electron chi connectivity index (χ0n) is 13.0. The lowest BCUT2D eigenvalue weighted by atomic mass is 9.83. The molecular weight excluding hydrogens is 248 g/mol. The van der Waals surface area contributed by atoms with Crippen molar-refractivity contribution < 1.29 is 4.74 Å². The molecule has 2 atom stereocenters. The van der Waals surface area contributed by atoms with E-state index in [1.54, 1.807) is 0 Å². The molecule has 0 amide bonds. The van der Waals surface area contributed by atoms with Crippen molar-refractivity contribution in [2.75, 3.05) is 26.2 Å². The average Bonchev–Trinajstić information content (AvgIpc) is 2.83. The Bertz CT molecular complexity index is 299. The molecule has 3 aliphatic rings. The number of piperidine rings is 1. The third kappa shape index (κ3) is 3.55. The minimum atomic E-state index is 0.287. The van der Waals surface area contributed by atoms with Crippen molar-refractivity contribution in [1.29, 1.82) is 0 Å². The molecule has 0 aromatic carbocycles. The van der Waals surface area contributed by atoms with Gasteiger partial charge in [-0.15, -0.1) is 0 Å². The number of hydrogen-bond acceptors (Lipinski definition) is 3. The fourth-order valence-corrected chi connectivity index (χ4v) is 4.66. The van der Waals surface area contributed by atoms with Crippen LogP contribution in [0.3, 0.4) is 0 Å². The van der Waals surface area contributed by atoms with Crippen LogP contribution < -0.4 is 5.73 Å². The molecule has 3 nitrogen and oxygen atoms in total. The second-order valence-electron chi connectivity index (χ2n) is 7.37. The van der Waals surface area contributed by atoms with Crippen LogP contribution in [0.1, 0.15) is 64.2 Å². The lowest BCUT2D eigenvalue weighted by molar-refractivity contribution is -0.0741. The molecule has 3 fully saturated rings. The second-order valence-corrected chi connectivity index (χ2v) is 7.37. The third-order valence-electron chi connectivity index (χ3n) is 5.74. The maximum Gasteiger partial charge on any atom is 0.0710 e. The van der Waals surface area contributed by atoms with Gasteiger partial charge in [0.05, 0.1) is 11.7 Å². The largest absolute Gasteiger partial charge is 0.370 e. The maximum atomic E-state index is 6.52. The lowest BCUT2D eigenvalue weighted by Crippen LogP contribution is -2.41. The molecule has 1 saturated carbocycles. The predicted molar refractivity (Wildman–Crippen MR) is 82.8 cm³/mol. The van der Waals surface area contributed by atoms with Crippen molar-refractivity contribution in [3.8, 4) is 0 Å². The van der Waals surface area contributed by atoms with Crippen LogP contribution in [-0.2, 0) is 4.74 Å². The first kappa shape index (κ1) is 14.8. The van der Waals surface area contributed by atoms with Crippen LogP contribution in [0, 0.1) is 5.92 Å². The first-order chi connectivity index (χ1) is 9.80. The van der Waals surface area contributed by atoms with Gasteiger partial charge in [0.25, 0.3) is 0 Å². The number of nitrogens with two attached hydrogens (primary N) is 1. The van der Waals surface area contributed by atoms with Crippen molar-refractivity contribution in [1.82, 2.24) is 4.90 Å². The fourth-order valence-electron chi connectivity index (χ4n) is 4.66. The van der Waals surface area contributed by atoms with Crippen LogP contribution in [0.15, 0.2) is 0 Å². The average molecular weight is 280 g/mol. The Morgan fingerprint density at radius 1 is 1.05 bits per heavy atom. The van der Waals surface area contributed by atoms with Crippen molar-refractivity contribution in [2.45, 2.75) is 75.9 Å². The number of likely N-dealkylation sites (tertiary alicyclic amines) is 1. The van der Waals surface area contributed by atoms with Crippen molar-refractivity contribution in [3.63, 3.8) is 0 Å². The molecule has 0 bridgehead atoms. The summed E-state index contributed by atoms with van der Waals surface area (Å²) in [4.78, 5) is 2.65. The Morgan fingerprint density at radius 3 is 2.70 bits per heavy atom. The van der Waals surface area contributed by atoms with E-state index < -0.39 is 0 Å². The van der Waals surface area contributed by atoms with Gasteiger partial charge in [-0.25, -0.2) is 0 Å². The molecule has 20 heavy (non-hydrogen) atoms. The highest BCUT2D eigenvalue weighted by Gasteiger charge is 2.41. The van der Waals surface area contributed by atoms with E-state index in [2.05, 4.69) is 4.90 Å². The first-order valence-electron chi connectivity index (χ1n) is 8.90. The van der Waals surface area contributed by atoms with Gasteiger partial charge in [-0.2, -0.15) is 0 Å². The molecule has 0 radical (unpaired) electrons. The highest BCUT2D eigenvalue weighted by atomic mass is 16.5. The van der Waals surface area contributed by atoms with Gasteiger partial charge in [0, 0.05) is 13.1 Å². The maximum absolute atomic E-state index is 6.52. The number of nitrogens with zero attached hydrogens (tertiary/aromatic N) is 1. The molecule has 1 aliphatic carbocycles. The lowest BCUT2D eigenvalue weighted by Gasteiger charge is -2.36. The summed E-state index contributed by atoms with van der Waals surface area (Å²) in [7, 11) is 0. The molecule has 0 aromatic heterocycles. The summed E-state index contributed by atoms with van der Waals surface area (Å²) in [5, 5.41) is 0. The Hall–Kier alpha value is -0.120. The summed E-state index contributed by atoms with van der Waals surface area (Å²) in [5.41, 5.74) is 6.01. The zero-order valence-corrected chi connectivity index (χ0v) is 13.0. The zero-order chi connectivity index (χ0) is 13.8. The fraction of sp³-hybridized carbons (Fsp3) is 1.00. The molecule has 2 heterocycles. The van der Waals surface area contributed by atoms with E-state index in [1.165, 1.54) is 83.8 Å². The van der Waals surface area contributed by atoms with Gasteiger partial charge in [-0.3, -0.25) is 0 Å². The van der Waals surface area contributed by atoms with Crippen molar-refractivity contribution in [2.24, 2.45) is 11.7 Å². The summed E-state index contributed by atoms with van der Waals surface area (Å²) in [6.45, 7) is 4.54. The van der Waals surface area contributed by atoms with Crippen LogP contribution in [0.2, 0.25) is 0 Å². The van der Waals surface area contributed by atoms with E-state index >= 15 is 0 Å². The van der Waals surface area contributed by atoms with Crippen LogP contribution in [0.4, 0.5) is 0 Å². The minimum absolute atomic E-state index is 0.287. The van der Waals surface area contributed by atoms with Crippen LogP contribution in [-0.4, -0.2) is 42.8 Å². The molecule has 116 valence electrons. The second kappa shape index (κ2) is 6.76. The Labute approximate surface area is 124 Å². The summed E-state index contributed by atoms with van der Waals surface area (Å²) in [6.07, 6.45) is 13.9. The SMILES string of the molecule is NCCC1CCCN(CC2CCC3(CCCCC3)O2)C1. The minimum Gasteiger partial charge on any atom is -0.370 e. The van der Waals surface area contributed by atoms with Gasteiger partial charge >= 0.3 is 0 Å². The van der Waals surface area contributed by atoms with E-state index in [-0.39, 0.29) is 5.60 Å². The van der Waals surface area contributed by atoms with Crippen LogP contribution >= 0.6 is 0 Å². The topological polar surface area (TPSA) is 38.5 Å². The molecule has 2 aliphatic heterocycles. The van der Waals surface area contributed by atoms with Gasteiger partial charge in [0.15, 0.2) is 0 Å². The van der Waals surface area contributed by atoms with E-state index in [1.807, 2.05) is 0 Å². The first-order valence-corrected chi connectivity index (χ1v) is 8.90. The van der Waals surface area contributed by atoms with Gasteiger partial charge in [-0.1, -0.05) is 19.3 Å². The highest BCUT2D eigenvalue weighted by molar-refractivity contribution is 4.92. The number of ether oxygens (including phenoxy) is 1. The molecule has 0 aromatic rings.